The molecule has 19 heavy (non-hydrogen) atoms. The highest BCUT2D eigenvalue weighted by molar-refractivity contribution is 5.23. The van der Waals surface area contributed by atoms with Gasteiger partial charge in [-0.25, -0.2) is 9.67 Å². The maximum atomic E-state index is 5.71. The van der Waals surface area contributed by atoms with E-state index in [0.29, 0.717) is 6.61 Å². The Labute approximate surface area is 112 Å². The highest BCUT2D eigenvalue weighted by atomic mass is 16.7. The molecule has 1 aliphatic rings. The van der Waals surface area contributed by atoms with Gasteiger partial charge < -0.3 is 9.47 Å². The molecule has 5 nitrogen and oxygen atoms in total. The summed E-state index contributed by atoms with van der Waals surface area (Å²) in [4.78, 5) is 4.36. The first-order valence-electron chi connectivity index (χ1n) is 6.60. The fourth-order valence-corrected chi connectivity index (χ4v) is 2.07. The summed E-state index contributed by atoms with van der Waals surface area (Å²) < 4.78 is 13.0. The molecular formula is C14H17N3O2. The predicted molar refractivity (Wildman–Crippen MR) is 69.7 cm³/mol. The van der Waals surface area contributed by atoms with Crippen LogP contribution in [0.1, 0.15) is 24.8 Å². The smallest absolute Gasteiger partial charge is 0.158 e. The predicted octanol–water partition coefficient (Wildman–Crippen LogP) is 2.31. The molecule has 3 heterocycles. The zero-order valence-corrected chi connectivity index (χ0v) is 10.7. The molecule has 1 aliphatic heterocycles. The van der Waals surface area contributed by atoms with E-state index in [1.807, 2.05) is 30.6 Å². The number of aromatic nitrogens is 3. The van der Waals surface area contributed by atoms with Gasteiger partial charge in [-0.2, -0.15) is 5.10 Å². The molecular weight excluding hydrogens is 242 g/mol. The zero-order chi connectivity index (χ0) is 12.9. The van der Waals surface area contributed by atoms with Crippen LogP contribution in [0.2, 0.25) is 0 Å². The Morgan fingerprint density at radius 3 is 3.05 bits per heavy atom. The van der Waals surface area contributed by atoms with Gasteiger partial charge in [0.25, 0.3) is 0 Å². The highest BCUT2D eigenvalue weighted by Gasteiger charge is 2.13. The van der Waals surface area contributed by atoms with Gasteiger partial charge in [-0.1, -0.05) is 6.07 Å². The Hall–Kier alpha value is -1.72. The lowest BCUT2D eigenvalue weighted by molar-refractivity contribution is -0.168. The Morgan fingerprint density at radius 2 is 2.37 bits per heavy atom. The van der Waals surface area contributed by atoms with E-state index in [-0.39, 0.29) is 6.29 Å². The van der Waals surface area contributed by atoms with Gasteiger partial charge in [0.1, 0.15) is 0 Å². The number of hydrogen-bond donors (Lipinski definition) is 0. The van der Waals surface area contributed by atoms with Crippen molar-refractivity contribution in [2.24, 2.45) is 0 Å². The molecule has 0 aromatic carbocycles. The Bertz CT molecular complexity index is 490. The summed E-state index contributed by atoms with van der Waals surface area (Å²) in [5, 5.41) is 4.14. The van der Waals surface area contributed by atoms with Crippen molar-refractivity contribution in [3.05, 3.63) is 42.4 Å². The van der Waals surface area contributed by atoms with Crippen LogP contribution < -0.4 is 0 Å². The van der Waals surface area contributed by atoms with Crippen LogP contribution in [-0.4, -0.2) is 27.7 Å². The topological polar surface area (TPSA) is 49.2 Å². The van der Waals surface area contributed by atoms with Crippen LogP contribution >= 0.6 is 0 Å². The molecule has 1 saturated heterocycles. The summed E-state index contributed by atoms with van der Waals surface area (Å²) in [6, 6.07) is 5.82. The molecule has 0 N–H and O–H groups in total. The average molecular weight is 259 g/mol. The van der Waals surface area contributed by atoms with E-state index in [1.165, 1.54) is 6.42 Å². The fraction of sp³-hybridized carbons (Fsp3) is 0.429. The van der Waals surface area contributed by atoms with Gasteiger partial charge >= 0.3 is 0 Å². The van der Waals surface area contributed by atoms with Gasteiger partial charge in [-0.3, -0.25) is 0 Å². The third-order valence-electron chi connectivity index (χ3n) is 3.12. The molecule has 0 radical (unpaired) electrons. The first-order valence-corrected chi connectivity index (χ1v) is 6.60. The minimum atomic E-state index is -0.0560. The van der Waals surface area contributed by atoms with Crippen LogP contribution in [0.25, 0.3) is 5.82 Å². The molecule has 1 unspecified atom stereocenters. The molecule has 2 aromatic rings. The SMILES string of the molecule is c1cnn(-c2ccc(COC3CCCCO3)cn2)c1. The van der Waals surface area contributed by atoms with Crippen molar-refractivity contribution in [1.82, 2.24) is 14.8 Å². The number of nitrogens with zero attached hydrogens (tertiary/aromatic N) is 3. The molecule has 3 rings (SSSR count). The van der Waals surface area contributed by atoms with Crippen molar-refractivity contribution >= 4 is 0 Å². The number of hydrogen-bond acceptors (Lipinski definition) is 4. The Morgan fingerprint density at radius 1 is 1.37 bits per heavy atom. The highest BCUT2D eigenvalue weighted by Crippen LogP contribution is 2.15. The molecule has 0 bridgehead atoms. The third-order valence-corrected chi connectivity index (χ3v) is 3.12. The molecule has 0 saturated carbocycles. The van der Waals surface area contributed by atoms with Crippen LogP contribution in [0.3, 0.4) is 0 Å². The first kappa shape index (κ1) is 12.3. The second-order valence-electron chi connectivity index (χ2n) is 4.58. The van der Waals surface area contributed by atoms with Gasteiger partial charge in [0, 0.05) is 25.2 Å². The Balaban J connectivity index is 1.57. The quantitative estimate of drug-likeness (QED) is 0.845. The monoisotopic (exact) mass is 259 g/mol. The van der Waals surface area contributed by atoms with Crippen molar-refractivity contribution in [2.45, 2.75) is 32.2 Å². The molecule has 5 heteroatoms. The lowest BCUT2D eigenvalue weighted by atomic mass is 10.2. The van der Waals surface area contributed by atoms with Crippen LogP contribution in [0, 0.1) is 0 Å². The molecule has 1 fully saturated rings. The molecule has 1 atom stereocenters. The maximum Gasteiger partial charge on any atom is 0.158 e. The van der Waals surface area contributed by atoms with E-state index < -0.39 is 0 Å². The van der Waals surface area contributed by atoms with E-state index >= 15 is 0 Å². The van der Waals surface area contributed by atoms with Gasteiger partial charge in [-0.05, 0) is 37.0 Å². The lowest BCUT2D eigenvalue weighted by Gasteiger charge is -2.22. The van der Waals surface area contributed by atoms with Crippen LogP contribution in [0.15, 0.2) is 36.8 Å². The largest absolute Gasteiger partial charge is 0.353 e. The summed E-state index contributed by atoms with van der Waals surface area (Å²) in [6.07, 6.45) is 8.67. The van der Waals surface area contributed by atoms with Crippen molar-refractivity contribution in [3.63, 3.8) is 0 Å². The molecule has 2 aromatic heterocycles. The lowest BCUT2D eigenvalue weighted by Crippen LogP contribution is -2.22. The van der Waals surface area contributed by atoms with Gasteiger partial charge in [-0.15, -0.1) is 0 Å². The van der Waals surface area contributed by atoms with Crippen molar-refractivity contribution in [2.75, 3.05) is 6.61 Å². The van der Waals surface area contributed by atoms with E-state index in [0.717, 1.165) is 30.8 Å². The Kier molecular flexibility index (Phi) is 3.86. The van der Waals surface area contributed by atoms with Gasteiger partial charge in [0.15, 0.2) is 12.1 Å². The number of rotatable bonds is 4. The standard InChI is InChI=1S/C14H17N3O2/c1-2-9-18-14(4-1)19-11-12-5-6-13(15-10-12)17-8-3-7-16-17/h3,5-8,10,14H,1-2,4,9,11H2. The second-order valence-corrected chi connectivity index (χ2v) is 4.58. The van der Waals surface area contributed by atoms with E-state index in [4.69, 9.17) is 9.47 Å². The molecule has 0 aliphatic carbocycles. The molecule has 0 amide bonds. The number of ether oxygens (including phenoxy) is 2. The van der Waals surface area contributed by atoms with Gasteiger partial charge in [0.2, 0.25) is 0 Å². The summed E-state index contributed by atoms with van der Waals surface area (Å²) >= 11 is 0. The molecule has 0 spiro atoms. The van der Waals surface area contributed by atoms with Crippen LogP contribution in [0.5, 0.6) is 0 Å². The van der Waals surface area contributed by atoms with E-state index in [1.54, 1.807) is 10.9 Å². The first-order chi connectivity index (χ1) is 9.42. The van der Waals surface area contributed by atoms with Gasteiger partial charge in [0.05, 0.1) is 6.61 Å². The van der Waals surface area contributed by atoms with Crippen molar-refractivity contribution in [1.29, 1.82) is 0 Å². The number of pyridine rings is 1. The second kappa shape index (κ2) is 5.95. The fourth-order valence-electron chi connectivity index (χ4n) is 2.07. The average Bonchev–Trinajstić information content (AvgIpc) is 3.01. The summed E-state index contributed by atoms with van der Waals surface area (Å²) in [5.74, 6) is 0.808. The summed E-state index contributed by atoms with van der Waals surface area (Å²) in [6.45, 7) is 1.35. The summed E-state index contributed by atoms with van der Waals surface area (Å²) in [7, 11) is 0. The van der Waals surface area contributed by atoms with E-state index in [2.05, 4.69) is 10.1 Å². The minimum Gasteiger partial charge on any atom is -0.353 e. The third kappa shape index (κ3) is 3.19. The van der Waals surface area contributed by atoms with E-state index in [9.17, 15) is 0 Å². The maximum absolute atomic E-state index is 5.71. The normalized spacial score (nSPS) is 19.5. The van der Waals surface area contributed by atoms with Crippen molar-refractivity contribution < 1.29 is 9.47 Å². The summed E-state index contributed by atoms with van der Waals surface area (Å²) in [5.41, 5.74) is 1.05. The van der Waals surface area contributed by atoms with Crippen LogP contribution in [-0.2, 0) is 16.1 Å². The van der Waals surface area contributed by atoms with Crippen molar-refractivity contribution in [3.8, 4) is 5.82 Å². The minimum absolute atomic E-state index is 0.0560. The molecule has 100 valence electrons. The zero-order valence-electron chi connectivity index (χ0n) is 10.7. The van der Waals surface area contributed by atoms with Crippen LogP contribution in [0.4, 0.5) is 0 Å².